The summed E-state index contributed by atoms with van der Waals surface area (Å²) >= 11 is 5.04. The van der Waals surface area contributed by atoms with Crippen molar-refractivity contribution < 1.29 is 4.74 Å². The second-order valence-electron chi connectivity index (χ2n) is 4.12. The molecule has 1 aliphatic heterocycles. The van der Waals surface area contributed by atoms with E-state index in [1.54, 1.807) is 0 Å². The Balaban J connectivity index is 2.22. The average Bonchev–Trinajstić information content (AvgIpc) is 2.70. The van der Waals surface area contributed by atoms with Gasteiger partial charge in [-0.05, 0) is 31.0 Å². The van der Waals surface area contributed by atoms with Gasteiger partial charge in [0.2, 0.25) is 0 Å². The Morgan fingerprint density at radius 1 is 1.56 bits per heavy atom. The van der Waals surface area contributed by atoms with Crippen LogP contribution in [0.15, 0.2) is 18.2 Å². The van der Waals surface area contributed by atoms with Crippen LogP contribution < -0.4 is 11.1 Å². The summed E-state index contributed by atoms with van der Waals surface area (Å²) in [6.45, 7) is 3.64. The van der Waals surface area contributed by atoms with Gasteiger partial charge in [-0.25, -0.2) is 0 Å². The number of nitrogens with two attached hydrogens (primary N) is 1. The van der Waals surface area contributed by atoms with Gasteiger partial charge < -0.3 is 15.8 Å². The van der Waals surface area contributed by atoms with E-state index >= 15 is 0 Å². The Labute approximate surface area is 101 Å². The van der Waals surface area contributed by atoms with Crippen molar-refractivity contribution in [2.45, 2.75) is 19.4 Å². The van der Waals surface area contributed by atoms with Crippen molar-refractivity contribution in [2.75, 3.05) is 18.5 Å². The maximum atomic E-state index is 5.70. The second kappa shape index (κ2) is 4.80. The van der Waals surface area contributed by atoms with Crippen LogP contribution in [0, 0.1) is 6.92 Å². The first-order valence-corrected chi connectivity index (χ1v) is 5.82. The van der Waals surface area contributed by atoms with E-state index in [0.29, 0.717) is 11.0 Å². The third-order valence-corrected chi connectivity index (χ3v) is 2.95. The third-order valence-electron chi connectivity index (χ3n) is 2.73. The lowest BCUT2D eigenvalue weighted by molar-refractivity contribution is 0.195. The Morgan fingerprint density at radius 2 is 2.38 bits per heavy atom. The smallest absolute Gasteiger partial charge is 0.106 e. The number of rotatable bonds is 3. The van der Waals surface area contributed by atoms with Gasteiger partial charge in [-0.2, -0.15) is 0 Å². The first-order valence-electron chi connectivity index (χ1n) is 5.41. The van der Waals surface area contributed by atoms with Gasteiger partial charge in [0.15, 0.2) is 0 Å². The monoisotopic (exact) mass is 236 g/mol. The van der Waals surface area contributed by atoms with Gasteiger partial charge in [0, 0.05) is 17.9 Å². The van der Waals surface area contributed by atoms with E-state index in [-0.39, 0.29) is 0 Å². The number of aryl methyl sites for hydroxylation is 1. The molecule has 0 aromatic heterocycles. The molecule has 0 spiro atoms. The van der Waals surface area contributed by atoms with Gasteiger partial charge in [0.1, 0.15) is 4.99 Å². The average molecular weight is 236 g/mol. The molecular formula is C12H16N2OS. The zero-order valence-electron chi connectivity index (χ0n) is 9.32. The number of ether oxygens (including phenoxy) is 1. The van der Waals surface area contributed by atoms with Gasteiger partial charge in [0.25, 0.3) is 0 Å². The lowest BCUT2D eigenvalue weighted by Crippen LogP contribution is -2.22. The molecule has 1 aromatic carbocycles. The molecule has 1 saturated heterocycles. The minimum atomic E-state index is 0.370. The van der Waals surface area contributed by atoms with Crippen LogP contribution in [-0.4, -0.2) is 24.2 Å². The first-order chi connectivity index (χ1) is 7.66. The molecule has 4 heteroatoms. The zero-order chi connectivity index (χ0) is 11.5. The highest BCUT2D eigenvalue weighted by Gasteiger charge is 2.16. The van der Waals surface area contributed by atoms with Crippen molar-refractivity contribution in [3.05, 3.63) is 29.3 Å². The largest absolute Gasteiger partial charge is 0.389 e. The minimum Gasteiger partial charge on any atom is -0.389 e. The van der Waals surface area contributed by atoms with Crippen LogP contribution in [0.5, 0.6) is 0 Å². The molecule has 0 radical (unpaired) electrons. The quantitative estimate of drug-likeness (QED) is 0.786. The highest BCUT2D eigenvalue weighted by atomic mass is 32.1. The van der Waals surface area contributed by atoms with Crippen LogP contribution in [-0.2, 0) is 4.74 Å². The summed E-state index contributed by atoms with van der Waals surface area (Å²) in [7, 11) is 0. The lowest BCUT2D eigenvalue weighted by atomic mass is 10.1. The van der Waals surface area contributed by atoms with E-state index in [1.807, 2.05) is 12.1 Å². The number of nitrogens with one attached hydrogen (secondary N) is 1. The molecule has 0 aliphatic carbocycles. The highest BCUT2D eigenvalue weighted by molar-refractivity contribution is 7.80. The molecule has 0 saturated carbocycles. The normalized spacial score (nSPS) is 19.7. The van der Waals surface area contributed by atoms with Gasteiger partial charge in [-0.15, -0.1) is 0 Å². The Morgan fingerprint density at radius 3 is 3.00 bits per heavy atom. The molecule has 1 aliphatic rings. The predicted molar refractivity (Wildman–Crippen MR) is 69.9 cm³/mol. The number of benzene rings is 1. The van der Waals surface area contributed by atoms with Crippen LogP contribution in [0.2, 0.25) is 0 Å². The van der Waals surface area contributed by atoms with Crippen LogP contribution in [0.3, 0.4) is 0 Å². The molecule has 2 rings (SSSR count). The number of anilines is 1. The summed E-state index contributed by atoms with van der Waals surface area (Å²) in [5, 5.41) is 3.44. The van der Waals surface area contributed by atoms with Crippen molar-refractivity contribution in [2.24, 2.45) is 5.73 Å². The summed E-state index contributed by atoms with van der Waals surface area (Å²) in [4.78, 5) is 0.432. The zero-order valence-corrected chi connectivity index (χ0v) is 10.1. The maximum absolute atomic E-state index is 5.70. The van der Waals surface area contributed by atoms with Crippen LogP contribution in [0.1, 0.15) is 17.5 Å². The minimum absolute atomic E-state index is 0.370. The molecular weight excluding hydrogens is 220 g/mol. The van der Waals surface area contributed by atoms with Crippen molar-refractivity contribution in [3.8, 4) is 0 Å². The topological polar surface area (TPSA) is 47.3 Å². The van der Waals surface area contributed by atoms with E-state index in [9.17, 15) is 0 Å². The molecule has 3 N–H and O–H groups in total. The summed E-state index contributed by atoms with van der Waals surface area (Å²) in [6, 6.07) is 6.43. The fraction of sp³-hybridized carbons (Fsp3) is 0.417. The molecule has 1 atom stereocenters. The van der Waals surface area contributed by atoms with Gasteiger partial charge in [0.05, 0.1) is 12.6 Å². The molecule has 16 heavy (non-hydrogen) atoms. The Bertz CT molecular complexity index is 400. The lowest BCUT2D eigenvalue weighted by Gasteiger charge is -2.16. The number of hydrogen-bond acceptors (Lipinski definition) is 3. The Hall–Kier alpha value is -1.13. The first kappa shape index (κ1) is 11.4. The van der Waals surface area contributed by atoms with E-state index in [2.05, 4.69) is 18.3 Å². The van der Waals surface area contributed by atoms with Gasteiger partial charge >= 0.3 is 0 Å². The van der Waals surface area contributed by atoms with Crippen molar-refractivity contribution in [1.29, 1.82) is 0 Å². The second-order valence-corrected chi connectivity index (χ2v) is 4.56. The Kier molecular flexibility index (Phi) is 3.41. The molecule has 3 nitrogen and oxygen atoms in total. The molecule has 0 bridgehead atoms. The van der Waals surface area contributed by atoms with Crippen molar-refractivity contribution in [1.82, 2.24) is 0 Å². The van der Waals surface area contributed by atoms with Crippen LogP contribution in [0.25, 0.3) is 0 Å². The molecule has 1 aromatic rings. The highest BCUT2D eigenvalue weighted by Crippen LogP contribution is 2.20. The molecule has 1 unspecified atom stereocenters. The van der Waals surface area contributed by atoms with Crippen LogP contribution in [0.4, 0.5) is 5.69 Å². The predicted octanol–water partition coefficient (Wildman–Crippen LogP) is 1.83. The summed E-state index contributed by atoms with van der Waals surface area (Å²) in [5.41, 5.74) is 8.82. The van der Waals surface area contributed by atoms with E-state index in [4.69, 9.17) is 22.7 Å². The van der Waals surface area contributed by atoms with E-state index in [1.165, 1.54) is 5.56 Å². The fourth-order valence-corrected chi connectivity index (χ4v) is 2.04. The van der Waals surface area contributed by atoms with Crippen molar-refractivity contribution in [3.63, 3.8) is 0 Å². The fourth-order valence-electron chi connectivity index (χ4n) is 1.86. The van der Waals surface area contributed by atoms with E-state index < -0.39 is 0 Å². The van der Waals surface area contributed by atoms with E-state index in [0.717, 1.165) is 30.9 Å². The summed E-state index contributed by atoms with van der Waals surface area (Å²) < 4.78 is 5.33. The molecule has 1 fully saturated rings. The van der Waals surface area contributed by atoms with Gasteiger partial charge in [-0.3, -0.25) is 0 Å². The molecule has 86 valence electrons. The standard InChI is InChI=1S/C12H16N2OS/c1-8-2-3-10(12(13)16)11(6-8)14-9-4-5-15-7-9/h2-3,6,9,14H,4-5,7H2,1H3,(H2,13,16). The van der Waals surface area contributed by atoms with Crippen molar-refractivity contribution >= 4 is 22.9 Å². The number of hydrogen-bond donors (Lipinski definition) is 2. The number of thiocarbonyl (C=S) groups is 1. The maximum Gasteiger partial charge on any atom is 0.106 e. The SMILES string of the molecule is Cc1ccc(C(N)=S)c(NC2CCOC2)c1. The summed E-state index contributed by atoms with van der Waals surface area (Å²) in [6.07, 6.45) is 1.03. The molecule has 0 amide bonds. The van der Waals surface area contributed by atoms with Gasteiger partial charge in [-0.1, -0.05) is 18.3 Å². The summed E-state index contributed by atoms with van der Waals surface area (Å²) in [5.74, 6) is 0. The third kappa shape index (κ3) is 2.51. The molecule has 1 heterocycles. The van der Waals surface area contributed by atoms with Crippen LogP contribution >= 0.6 is 12.2 Å².